The van der Waals surface area contributed by atoms with E-state index in [9.17, 15) is 9.90 Å². The number of carbonyl (C=O) groups excluding carboxylic acids is 1. The second kappa shape index (κ2) is 13.0. The minimum atomic E-state index is -1.39. The normalized spacial score (nSPS) is 21.4. The van der Waals surface area contributed by atoms with E-state index in [-0.39, 0.29) is 12.8 Å². The summed E-state index contributed by atoms with van der Waals surface area (Å²) in [5, 5.41) is 24.0. The van der Waals surface area contributed by atoms with Gasteiger partial charge in [-0.15, -0.1) is 14.1 Å². The predicted octanol–water partition coefficient (Wildman–Crippen LogP) is 6.46. The Labute approximate surface area is 289 Å². The van der Waals surface area contributed by atoms with E-state index in [1.807, 2.05) is 17.0 Å². The van der Waals surface area contributed by atoms with Gasteiger partial charge in [0.2, 0.25) is 0 Å². The van der Waals surface area contributed by atoms with Crippen molar-refractivity contribution in [1.29, 1.82) is 0 Å². The summed E-state index contributed by atoms with van der Waals surface area (Å²) in [4.78, 5) is 24.4. The van der Waals surface area contributed by atoms with Crippen LogP contribution in [-0.2, 0) is 29.9 Å². The Morgan fingerprint density at radius 3 is 2.60 bits per heavy atom. The molecule has 12 nitrogen and oxygen atoms in total. The molecule has 48 heavy (non-hydrogen) atoms. The van der Waals surface area contributed by atoms with Crippen molar-refractivity contribution in [2.45, 2.75) is 109 Å². The Kier molecular flexibility index (Phi) is 9.43. The van der Waals surface area contributed by atoms with E-state index in [1.165, 1.54) is 0 Å². The molecule has 4 atom stereocenters. The lowest BCUT2D eigenvalue weighted by molar-refractivity contribution is 0.0447. The number of halogens is 3. The van der Waals surface area contributed by atoms with Crippen molar-refractivity contribution in [2.24, 2.45) is 7.05 Å². The average molecular weight is 722 g/mol. The third-order valence-corrected chi connectivity index (χ3v) is 11.4. The highest BCUT2D eigenvalue weighted by Crippen LogP contribution is 2.43. The lowest BCUT2D eigenvalue weighted by Crippen LogP contribution is -2.59. The average Bonchev–Trinajstić information content (AvgIpc) is 3.62. The third-order valence-electron chi connectivity index (χ3n) is 8.87. The number of amides is 1. The molecule has 0 radical (unpaired) electrons. The van der Waals surface area contributed by atoms with E-state index < -0.39 is 44.6 Å². The number of benzene rings is 1. The number of ether oxygens (including phenoxy) is 2. The van der Waals surface area contributed by atoms with Crippen molar-refractivity contribution < 1.29 is 23.8 Å². The Hall–Kier alpha value is -3.04. The highest BCUT2D eigenvalue weighted by Gasteiger charge is 2.50. The molecule has 0 spiro atoms. The van der Waals surface area contributed by atoms with Crippen LogP contribution in [-0.4, -0.2) is 85.3 Å². The first-order valence-electron chi connectivity index (χ1n) is 16.3. The molecule has 0 saturated carbocycles. The van der Waals surface area contributed by atoms with Crippen molar-refractivity contribution in [3.8, 4) is 11.3 Å². The number of fused-ring (bicyclic) bond motifs is 4. The number of rotatable bonds is 9. The van der Waals surface area contributed by atoms with Gasteiger partial charge in [0.15, 0.2) is 11.5 Å². The summed E-state index contributed by atoms with van der Waals surface area (Å²) < 4.78 is 30.8. The predicted molar refractivity (Wildman–Crippen MR) is 187 cm³/mol. The first-order valence-corrected chi connectivity index (χ1v) is 20.7. The molecule has 3 aromatic heterocycles. The maximum Gasteiger partial charge on any atom is 0.407 e. The summed E-state index contributed by atoms with van der Waals surface area (Å²) in [6.07, 6.45) is -0.411. The number of aryl methyl sites for hydroxylation is 1. The number of nitrogens with zero attached hydrogens (tertiary/aromatic N) is 7. The van der Waals surface area contributed by atoms with Crippen LogP contribution in [0.25, 0.3) is 33.3 Å². The number of aliphatic hydroxyl groups excluding tert-OH is 1. The zero-order chi connectivity index (χ0) is 34.7. The molecule has 0 unspecified atom stereocenters. The molecule has 2 fully saturated rings. The summed E-state index contributed by atoms with van der Waals surface area (Å²) in [6, 6.07) is 3.19. The Morgan fingerprint density at radius 1 is 1.17 bits per heavy atom. The minimum absolute atomic E-state index is 0.113. The van der Waals surface area contributed by atoms with Gasteiger partial charge in [-0.2, -0.15) is 29.8 Å². The van der Waals surface area contributed by atoms with Crippen molar-refractivity contribution in [3.63, 3.8) is 0 Å². The molecule has 4 aromatic rings. The van der Waals surface area contributed by atoms with E-state index in [1.54, 1.807) is 37.2 Å². The molecule has 6 rings (SSSR count). The molecule has 1 amide bonds. The van der Waals surface area contributed by atoms with Gasteiger partial charge < -0.3 is 24.8 Å². The van der Waals surface area contributed by atoms with Gasteiger partial charge in [0.25, 0.3) is 0 Å². The van der Waals surface area contributed by atoms with Crippen LogP contribution in [0.4, 0.5) is 15.0 Å². The van der Waals surface area contributed by atoms with Gasteiger partial charge in [-0.3, -0.25) is 4.68 Å². The van der Waals surface area contributed by atoms with Crippen molar-refractivity contribution in [1.82, 2.24) is 34.8 Å². The SMILES string of the molecule is Cn1nc2ccc(-c3nn(COCC[Si-](C)(C)C)c4nc(N5[C@H]6CC[C@@H]5[C@@H](F)[C@@H](NC(=O)OC(C)(C)C)C6)c(CO)nc34)c(Cl)c2c1Cl. The molecule has 2 N–H and O–H groups in total. The second-order valence-electron chi connectivity index (χ2n) is 14.9. The quantitative estimate of drug-likeness (QED) is 0.148. The molecule has 2 saturated heterocycles. The Balaban J connectivity index is 1.40. The maximum atomic E-state index is 16.1. The summed E-state index contributed by atoms with van der Waals surface area (Å²) in [7, 11) is 0.397. The number of aromatic nitrogens is 6. The third kappa shape index (κ3) is 6.74. The monoisotopic (exact) mass is 720 g/mol. The number of alkyl halides is 1. The molecule has 2 aliphatic heterocycles. The van der Waals surface area contributed by atoms with Gasteiger partial charge in [-0.25, -0.2) is 23.8 Å². The van der Waals surface area contributed by atoms with Gasteiger partial charge in [0.05, 0.1) is 34.6 Å². The molecule has 16 heteroatoms. The molecule has 2 aliphatic rings. The molecule has 261 valence electrons. The van der Waals surface area contributed by atoms with Gasteiger partial charge in [0, 0.05) is 25.3 Å². The number of hydrogen-bond acceptors (Lipinski definition) is 9. The van der Waals surface area contributed by atoms with Crippen molar-refractivity contribution in [3.05, 3.63) is 28.0 Å². The first-order chi connectivity index (χ1) is 22.6. The number of aliphatic hydroxyl groups is 1. The summed E-state index contributed by atoms with van der Waals surface area (Å²) >= 11 is 13.5. The van der Waals surface area contributed by atoms with Crippen molar-refractivity contribution >= 4 is 65.3 Å². The van der Waals surface area contributed by atoms with E-state index in [0.29, 0.717) is 80.9 Å². The van der Waals surface area contributed by atoms with Gasteiger partial charge in [0.1, 0.15) is 40.6 Å². The number of anilines is 1. The molecular formula is C32H43Cl2FN8O4Si-. The zero-order valence-corrected chi connectivity index (χ0v) is 30.9. The topological polar surface area (TPSA) is 132 Å². The van der Waals surface area contributed by atoms with Gasteiger partial charge >= 0.3 is 6.09 Å². The molecular weight excluding hydrogens is 678 g/mol. The highest BCUT2D eigenvalue weighted by molar-refractivity contribution is 6.76. The molecule has 0 aliphatic carbocycles. The standard InChI is InChI=1S/C32H43Cl2FN8O4Si/c1-32(2,3)47-31(45)37-20-14-17-8-11-22(25(20)35)43(17)29-21(15-44)36-27-26(18-9-10-19-23(24(18)33)28(34)41(4)39-19)40-42(30(27)38-29)16-46-12-13-48(5,6)7/h9-10,17,20,22,25,44H,8,11-16H2,1-7H3,(H,37,45)/q-1/t17-,20-,22+,25-/m0/s1. The molecule has 1 aromatic carbocycles. The Morgan fingerprint density at radius 2 is 1.92 bits per heavy atom. The molecule has 5 heterocycles. The van der Waals surface area contributed by atoms with Crippen LogP contribution in [0.1, 0.15) is 45.7 Å². The largest absolute Gasteiger partial charge is 0.444 e. The number of alkyl carbamates (subject to hydrolysis) is 1. The lowest BCUT2D eigenvalue weighted by atomic mass is 9.95. The number of nitrogens with one attached hydrogen (secondary N) is 1. The fourth-order valence-electron chi connectivity index (χ4n) is 6.59. The summed E-state index contributed by atoms with van der Waals surface area (Å²) in [5.74, 6) is 0.391. The Bertz CT molecular complexity index is 1860. The maximum absolute atomic E-state index is 16.1. The van der Waals surface area contributed by atoms with E-state index in [2.05, 4.69) is 30.1 Å². The van der Waals surface area contributed by atoms with Crippen LogP contribution in [0.2, 0.25) is 35.9 Å². The van der Waals surface area contributed by atoms with Crippen LogP contribution in [0.5, 0.6) is 0 Å². The van der Waals surface area contributed by atoms with Gasteiger partial charge in [-0.1, -0.05) is 23.2 Å². The van der Waals surface area contributed by atoms with E-state index >= 15 is 4.39 Å². The van der Waals surface area contributed by atoms with E-state index in [4.69, 9.17) is 47.7 Å². The van der Waals surface area contributed by atoms with Crippen LogP contribution >= 0.6 is 23.2 Å². The fraction of sp³-hybridized carbons (Fsp3) is 0.594. The summed E-state index contributed by atoms with van der Waals surface area (Å²) in [5.41, 5.74) is 2.10. The van der Waals surface area contributed by atoms with Crippen LogP contribution in [0, 0.1) is 0 Å². The highest BCUT2D eigenvalue weighted by atomic mass is 35.5. The first kappa shape index (κ1) is 34.8. The molecule has 2 bridgehead atoms. The van der Waals surface area contributed by atoms with Crippen LogP contribution in [0.3, 0.4) is 0 Å². The number of piperidine rings is 1. The lowest BCUT2D eigenvalue weighted by Gasteiger charge is -2.42. The van der Waals surface area contributed by atoms with E-state index in [0.717, 1.165) is 6.04 Å². The van der Waals surface area contributed by atoms with Gasteiger partial charge in [-0.05, 0) is 52.2 Å². The zero-order valence-electron chi connectivity index (χ0n) is 28.4. The number of carbonyl (C=O) groups is 1. The van der Waals surface area contributed by atoms with Crippen LogP contribution < -0.4 is 10.2 Å². The van der Waals surface area contributed by atoms with Crippen molar-refractivity contribution in [2.75, 3.05) is 11.5 Å². The summed E-state index contributed by atoms with van der Waals surface area (Å²) in [6.45, 7) is 12.4. The fourth-order valence-corrected chi connectivity index (χ4v) is 7.96. The van der Waals surface area contributed by atoms with Crippen LogP contribution in [0.15, 0.2) is 12.1 Å². The minimum Gasteiger partial charge on any atom is -0.444 e. The smallest absolute Gasteiger partial charge is 0.407 e. The number of hydrogen-bond donors (Lipinski definition) is 2. The second-order valence-corrected chi connectivity index (χ2v) is 21.3.